The Labute approximate surface area is 89.0 Å². The molecule has 0 bridgehead atoms. The van der Waals surface area contributed by atoms with Crippen LogP contribution < -0.4 is 0 Å². The van der Waals surface area contributed by atoms with Gasteiger partial charge in [0.05, 0.1) is 5.75 Å². The molecule has 0 aliphatic heterocycles. The Bertz CT molecular complexity index is 596. The van der Waals surface area contributed by atoms with Crippen LogP contribution in [-0.4, -0.2) is 19.7 Å². The number of aryl methyl sites for hydroxylation is 1. The van der Waals surface area contributed by atoms with Gasteiger partial charge in [0.25, 0.3) is 0 Å². The zero-order chi connectivity index (χ0) is 11.1. The van der Waals surface area contributed by atoms with Gasteiger partial charge >= 0.3 is 0 Å². The number of hydrogen-bond donors (Lipinski definition) is 1. The van der Waals surface area contributed by atoms with Crippen LogP contribution in [0.15, 0.2) is 24.4 Å². The summed E-state index contributed by atoms with van der Waals surface area (Å²) in [6.07, 6.45) is 3.02. The van der Waals surface area contributed by atoms with Crippen molar-refractivity contribution < 1.29 is 8.42 Å². The second kappa shape index (κ2) is 3.38. The third-order valence-corrected chi connectivity index (χ3v) is 3.18. The number of hydrogen-bond acceptors (Lipinski definition) is 2. The molecule has 0 atom stereocenters. The molecule has 1 heterocycles. The van der Waals surface area contributed by atoms with Gasteiger partial charge in [0.15, 0.2) is 9.84 Å². The highest BCUT2D eigenvalue weighted by Crippen LogP contribution is 2.20. The summed E-state index contributed by atoms with van der Waals surface area (Å²) in [5.74, 6) is 0.0933. The molecule has 0 amide bonds. The summed E-state index contributed by atoms with van der Waals surface area (Å²) in [5, 5.41) is 0.992. The molecule has 2 rings (SSSR count). The van der Waals surface area contributed by atoms with Gasteiger partial charge in [0, 0.05) is 23.4 Å². The molecule has 80 valence electrons. The lowest BCUT2D eigenvalue weighted by atomic mass is 10.1. The molecule has 0 unspecified atom stereocenters. The number of sulfone groups is 1. The van der Waals surface area contributed by atoms with Crippen molar-refractivity contribution >= 4 is 20.7 Å². The largest absolute Gasteiger partial charge is 0.361 e. The third-order valence-electron chi connectivity index (χ3n) is 2.34. The van der Waals surface area contributed by atoms with Crippen molar-refractivity contribution in [1.29, 1.82) is 0 Å². The van der Waals surface area contributed by atoms with E-state index < -0.39 is 9.84 Å². The van der Waals surface area contributed by atoms with Crippen LogP contribution in [0, 0.1) is 6.92 Å². The molecule has 3 nitrogen and oxygen atoms in total. The van der Waals surface area contributed by atoms with Gasteiger partial charge in [-0.15, -0.1) is 0 Å². The summed E-state index contributed by atoms with van der Waals surface area (Å²) in [6, 6.07) is 5.96. The van der Waals surface area contributed by atoms with Crippen LogP contribution in [0.1, 0.15) is 11.1 Å². The number of H-pyrrole nitrogens is 1. The number of nitrogens with one attached hydrogen (secondary N) is 1. The van der Waals surface area contributed by atoms with E-state index in [1.165, 1.54) is 6.26 Å². The molecule has 2 aromatic rings. The molecular formula is C11H13NO2S. The Hall–Kier alpha value is -1.29. The maximum Gasteiger partial charge on any atom is 0.151 e. The van der Waals surface area contributed by atoms with Gasteiger partial charge in [-0.25, -0.2) is 8.42 Å². The van der Waals surface area contributed by atoms with Gasteiger partial charge in [-0.2, -0.15) is 0 Å². The highest BCUT2D eigenvalue weighted by molar-refractivity contribution is 7.89. The second-order valence-corrected chi connectivity index (χ2v) is 6.07. The molecule has 0 radical (unpaired) electrons. The van der Waals surface area contributed by atoms with Gasteiger partial charge in [0.2, 0.25) is 0 Å². The predicted molar refractivity (Wildman–Crippen MR) is 61.6 cm³/mol. The molecule has 15 heavy (non-hydrogen) atoms. The molecule has 0 saturated heterocycles. The van der Waals surface area contributed by atoms with Crippen molar-refractivity contribution in [3.8, 4) is 0 Å². The first-order valence-electron chi connectivity index (χ1n) is 4.70. The lowest BCUT2D eigenvalue weighted by Crippen LogP contribution is -1.99. The van der Waals surface area contributed by atoms with E-state index in [1.54, 1.807) is 6.20 Å². The minimum atomic E-state index is -2.97. The molecule has 0 aliphatic rings. The Kier molecular flexibility index (Phi) is 2.31. The Morgan fingerprint density at radius 3 is 2.73 bits per heavy atom. The average molecular weight is 223 g/mol. The van der Waals surface area contributed by atoms with Gasteiger partial charge in [-0.3, -0.25) is 0 Å². The topological polar surface area (TPSA) is 49.9 Å². The minimum Gasteiger partial charge on any atom is -0.361 e. The standard InChI is InChI=1S/C11H13NO2S/c1-8-3-4-10-9(7-15(2,13)14)6-12-11(10)5-8/h3-6,12H,7H2,1-2H3. The van der Waals surface area contributed by atoms with Gasteiger partial charge in [-0.1, -0.05) is 12.1 Å². The maximum atomic E-state index is 11.2. The Morgan fingerprint density at radius 1 is 1.33 bits per heavy atom. The molecule has 0 aliphatic carbocycles. The fraction of sp³-hybridized carbons (Fsp3) is 0.273. The smallest absolute Gasteiger partial charge is 0.151 e. The van der Waals surface area contributed by atoms with Crippen LogP contribution in [0.5, 0.6) is 0 Å². The lowest BCUT2D eigenvalue weighted by Gasteiger charge is -1.97. The monoisotopic (exact) mass is 223 g/mol. The van der Waals surface area contributed by atoms with Gasteiger partial charge < -0.3 is 4.98 Å². The molecule has 1 N–H and O–H groups in total. The number of aromatic amines is 1. The van der Waals surface area contributed by atoms with E-state index in [4.69, 9.17) is 0 Å². The molecule has 0 spiro atoms. The summed E-state index contributed by atoms with van der Waals surface area (Å²) < 4.78 is 22.4. The van der Waals surface area contributed by atoms with Crippen LogP contribution in [0.3, 0.4) is 0 Å². The van der Waals surface area contributed by atoms with Crippen molar-refractivity contribution in [1.82, 2.24) is 4.98 Å². The SMILES string of the molecule is Cc1ccc2c(CS(C)(=O)=O)c[nH]c2c1. The Morgan fingerprint density at radius 2 is 2.07 bits per heavy atom. The van der Waals surface area contributed by atoms with E-state index >= 15 is 0 Å². The Balaban J connectivity index is 2.55. The highest BCUT2D eigenvalue weighted by Gasteiger charge is 2.09. The van der Waals surface area contributed by atoms with E-state index in [0.29, 0.717) is 0 Å². The molecule has 1 aromatic heterocycles. The molecule has 0 saturated carbocycles. The number of rotatable bonds is 2. The fourth-order valence-electron chi connectivity index (χ4n) is 1.70. The summed E-state index contributed by atoms with van der Waals surface area (Å²) in [4.78, 5) is 3.09. The first-order chi connectivity index (χ1) is 6.96. The van der Waals surface area contributed by atoms with Gasteiger partial charge in [0.1, 0.15) is 0 Å². The first-order valence-corrected chi connectivity index (χ1v) is 6.76. The van der Waals surface area contributed by atoms with Crippen molar-refractivity contribution in [2.75, 3.05) is 6.26 Å². The van der Waals surface area contributed by atoms with E-state index in [2.05, 4.69) is 4.98 Å². The van der Waals surface area contributed by atoms with E-state index in [9.17, 15) is 8.42 Å². The fourth-order valence-corrected chi connectivity index (χ4v) is 2.51. The van der Waals surface area contributed by atoms with Crippen LogP contribution in [-0.2, 0) is 15.6 Å². The molecular weight excluding hydrogens is 210 g/mol. The third kappa shape index (κ3) is 2.21. The zero-order valence-electron chi connectivity index (χ0n) is 8.74. The van der Waals surface area contributed by atoms with E-state index in [1.807, 2.05) is 25.1 Å². The lowest BCUT2D eigenvalue weighted by molar-refractivity contribution is 0.601. The highest BCUT2D eigenvalue weighted by atomic mass is 32.2. The van der Waals surface area contributed by atoms with Gasteiger partial charge in [-0.05, 0) is 24.1 Å². The van der Waals surface area contributed by atoms with Crippen LogP contribution in [0.25, 0.3) is 10.9 Å². The maximum absolute atomic E-state index is 11.2. The van der Waals surface area contributed by atoms with Crippen molar-refractivity contribution in [3.05, 3.63) is 35.5 Å². The quantitative estimate of drug-likeness (QED) is 0.846. The molecule has 1 aromatic carbocycles. The van der Waals surface area contributed by atoms with Crippen LogP contribution in [0.4, 0.5) is 0 Å². The zero-order valence-corrected chi connectivity index (χ0v) is 9.56. The minimum absolute atomic E-state index is 0.0933. The summed E-state index contributed by atoms with van der Waals surface area (Å²) in [5.41, 5.74) is 3.00. The van der Waals surface area contributed by atoms with E-state index in [0.717, 1.165) is 22.0 Å². The summed E-state index contributed by atoms with van der Waals surface area (Å²) in [6.45, 7) is 2.01. The summed E-state index contributed by atoms with van der Waals surface area (Å²) in [7, 11) is -2.97. The number of benzene rings is 1. The average Bonchev–Trinajstić information content (AvgIpc) is 2.45. The van der Waals surface area contributed by atoms with Crippen molar-refractivity contribution in [3.63, 3.8) is 0 Å². The second-order valence-electron chi connectivity index (χ2n) is 3.93. The molecule has 0 fully saturated rings. The number of fused-ring (bicyclic) bond motifs is 1. The van der Waals surface area contributed by atoms with Crippen molar-refractivity contribution in [2.24, 2.45) is 0 Å². The normalized spacial score (nSPS) is 12.1. The summed E-state index contributed by atoms with van der Waals surface area (Å²) >= 11 is 0. The van der Waals surface area contributed by atoms with Crippen molar-refractivity contribution in [2.45, 2.75) is 12.7 Å². The molecule has 4 heteroatoms. The predicted octanol–water partition coefficient (Wildman–Crippen LogP) is 2.02. The van der Waals surface area contributed by atoms with Crippen LogP contribution >= 0.6 is 0 Å². The first kappa shape index (κ1) is 10.2. The van der Waals surface area contributed by atoms with Crippen LogP contribution in [0.2, 0.25) is 0 Å². The van der Waals surface area contributed by atoms with E-state index in [-0.39, 0.29) is 5.75 Å². The number of aromatic nitrogens is 1.